The second-order valence-corrected chi connectivity index (χ2v) is 24.6. The summed E-state index contributed by atoms with van der Waals surface area (Å²) in [7, 11) is 0. The Hall–Kier alpha value is -7.59. The van der Waals surface area contributed by atoms with E-state index in [0.717, 1.165) is 55.8 Å². The van der Waals surface area contributed by atoms with Crippen molar-refractivity contribution in [2.75, 3.05) is 0 Å². The average molecular weight is 1210 g/mol. The summed E-state index contributed by atoms with van der Waals surface area (Å²) in [6.07, 6.45) is 5.95. The van der Waals surface area contributed by atoms with Gasteiger partial charge in [-0.1, -0.05) is 234 Å². The maximum Gasteiger partial charge on any atom is 0.267 e. The number of pyridine rings is 1. The van der Waals surface area contributed by atoms with Crippen LogP contribution in [0.4, 0.5) is 0 Å². The minimum absolute atomic E-state index is 0. The van der Waals surface area contributed by atoms with Crippen molar-refractivity contribution in [3.8, 4) is 39.8 Å². The Labute approximate surface area is 482 Å². The smallest absolute Gasteiger partial charge is 0.267 e. The zero-order chi connectivity index (χ0) is 54.8. The van der Waals surface area contributed by atoms with Crippen LogP contribution in [-0.2, 0) is 48.1 Å². The maximum absolute atomic E-state index is 7.06. The number of rotatable bonds is 12. The third kappa shape index (κ3) is 10.4. The van der Waals surface area contributed by atoms with Crippen molar-refractivity contribution in [2.45, 2.75) is 110 Å². The molecule has 3 aromatic heterocycles. The first-order chi connectivity index (χ1) is 37.2. The van der Waals surface area contributed by atoms with Gasteiger partial charge in [0.2, 0.25) is 0 Å². The fourth-order valence-electron chi connectivity index (χ4n) is 11.4. The molecule has 5 nitrogen and oxygen atoms in total. The van der Waals surface area contributed by atoms with E-state index in [9.17, 15) is 0 Å². The summed E-state index contributed by atoms with van der Waals surface area (Å²) >= 11 is 0. The van der Waals surface area contributed by atoms with Crippen molar-refractivity contribution >= 4 is 21.8 Å². The third-order valence-corrected chi connectivity index (χ3v) is 16.0. The Bertz CT molecular complexity index is 3900. The van der Waals surface area contributed by atoms with E-state index in [1.807, 2.05) is 12.3 Å². The van der Waals surface area contributed by atoms with E-state index in [4.69, 9.17) is 9.72 Å². The minimum Gasteiger partial charge on any atom is -0.510 e. The summed E-state index contributed by atoms with van der Waals surface area (Å²) < 4.78 is 13.9. The normalized spacial score (nSPS) is 12.5. The van der Waals surface area contributed by atoms with Gasteiger partial charge in [-0.25, -0.2) is 4.98 Å². The van der Waals surface area contributed by atoms with Crippen LogP contribution in [0.2, 0.25) is 0 Å². The van der Waals surface area contributed by atoms with E-state index in [1.54, 1.807) is 0 Å². The van der Waals surface area contributed by atoms with Crippen LogP contribution >= 0.6 is 0 Å². The van der Waals surface area contributed by atoms with Gasteiger partial charge in [0.15, 0.2) is 0 Å². The Morgan fingerprint density at radius 2 is 0.975 bits per heavy atom. The number of ether oxygens (including phenoxy) is 1. The van der Waals surface area contributed by atoms with Gasteiger partial charge in [0.05, 0.1) is 17.1 Å². The van der Waals surface area contributed by atoms with Crippen molar-refractivity contribution in [1.29, 1.82) is 0 Å². The molecule has 0 bridgehead atoms. The Morgan fingerprint density at radius 1 is 0.443 bits per heavy atom. The van der Waals surface area contributed by atoms with Crippen LogP contribution < -0.4 is 9.30 Å². The van der Waals surface area contributed by atoms with Crippen LogP contribution in [0.15, 0.2) is 206 Å². The summed E-state index contributed by atoms with van der Waals surface area (Å²) in [4.78, 5) is 5.02. The van der Waals surface area contributed by atoms with Crippen molar-refractivity contribution in [1.82, 2.24) is 14.1 Å². The molecule has 11 rings (SSSR count). The Kier molecular flexibility index (Phi) is 14.5. The monoisotopic (exact) mass is 1210 g/mol. The molecule has 3 heterocycles. The third-order valence-electron chi connectivity index (χ3n) is 16.0. The predicted molar refractivity (Wildman–Crippen MR) is 321 cm³/mol. The van der Waals surface area contributed by atoms with Gasteiger partial charge in [-0.3, -0.25) is 4.57 Å². The summed E-state index contributed by atoms with van der Waals surface area (Å²) in [6, 6.07) is 79.1. The summed E-state index contributed by atoms with van der Waals surface area (Å²) in [5.41, 5.74) is 14.1. The number of para-hydroxylation sites is 1. The minimum atomic E-state index is -0.330. The first-order valence-corrected chi connectivity index (χ1v) is 27.4. The molecule has 0 aliphatic rings. The molecule has 0 spiro atoms. The second-order valence-electron chi connectivity index (χ2n) is 24.6. The Balaban J connectivity index is 0.00000704. The summed E-state index contributed by atoms with van der Waals surface area (Å²) in [5, 5.41) is 2.19. The molecule has 0 saturated carbocycles. The van der Waals surface area contributed by atoms with E-state index < -0.39 is 0 Å². The molecular weight excluding hydrogens is 1140 g/mol. The van der Waals surface area contributed by atoms with Crippen LogP contribution in [0.5, 0.6) is 11.5 Å². The zero-order valence-electron chi connectivity index (χ0n) is 47.6. The number of aromatic nitrogens is 4. The molecule has 0 unspecified atom stereocenters. The molecule has 0 fully saturated rings. The molecular formula is C73H70N4OPt-2. The van der Waals surface area contributed by atoms with Gasteiger partial charge in [0, 0.05) is 60.5 Å². The standard InChI is InChI=1S/C73H70N4O.Pt/c1-69(2,3)67-68(70(4,5)6)76(59-44-56(72(9,10)53-31-21-15-22-32-53)43-57(45-59)73(11,12)54-33-23-16-24-34-54)49-75(67)58-41-51(50-27-17-13-18-28-50)42-61(47-58)78-60-37-38-63-62-35-25-26-36-64(62)77(65(63)48-60)66-46-55(39-40-74-66)71(7,8)52-29-19-14-20-30-52;/h13-46H,1-12H3;/q-2;. The van der Waals surface area contributed by atoms with E-state index in [2.05, 4.69) is 309 Å². The molecule has 0 aliphatic carbocycles. The average Bonchev–Trinajstić information content (AvgIpc) is 4.15. The number of imidazole rings is 1. The number of hydrogen-bond donors (Lipinski definition) is 0. The van der Waals surface area contributed by atoms with Crippen LogP contribution in [0.25, 0.3) is 50.1 Å². The molecule has 0 radical (unpaired) electrons. The molecule has 11 aromatic rings. The molecule has 0 aliphatic heterocycles. The van der Waals surface area contributed by atoms with Gasteiger partial charge in [-0.05, 0) is 91.2 Å². The molecule has 0 atom stereocenters. The SMILES string of the molecule is CC(C)(C)c1c(C(C)(C)C)[n+](-c2cc(C(C)(C)c3ccccc3)cc(C(C)(C)c3ccccc3)c2)[c-]n1-c1[c-]c(Oc2[c-]c3c(cc2)c2ccccc2n3-c2cc(C(C)(C)c3ccccc3)ccn2)cc(-c2ccccc2)c1.[Pt]. The first-order valence-electron chi connectivity index (χ1n) is 27.4. The molecule has 79 heavy (non-hydrogen) atoms. The van der Waals surface area contributed by atoms with E-state index >= 15 is 0 Å². The molecule has 0 saturated heterocycles. The van der Waals surface area contributed by atoms with Gasteiger partial charge in [0.25, 0.3) is 6.33 Å². The predicted octanol–water partition coefficient (Wildman–Crippen LogP) is 17.7. The van der Waals surface area contributed by atoms with Crippen molar-refractivity contribution in [3.05, 3.63) is 270 Å². The number of hydrogen-bond acceptors (Lipinski definition) is 2. The van der Waals surface area contributed by atoms with Crippen molar-refractivity contribution in [2.24, 2.45) is 0 Å². The van der Waals surface area contributed by atoms with Crippen molar-refractivity contribution < 1.29 is 30.4 Å². The Morgan fingerprint density at radius 3 is 1.53 bits per heavy atom. The topological polar surface area (TPSA) is 35.9 Å². The van der Waals surface area contributed by atoms with Crippen LogP contribution in [-0.4, -0.2) is 14.1 Å². The van der Waals surface area contributed by atoms with Crippen molar-refractivity contribution in [3.63, 3.8) is 0 Å². The maximum atomic E-state index is 7.06. The van der Waals surface area contributed by atoms with Gasteiger partial charge in [-0.15, -0.1) is 35.2 Å². The van der Waals surface area contributed by atoms with Gasteiger partial charge in [-0.2, -0.15) is 12.1 Å². The number of nitrogens with zero attached hydrogens (tertiary/aromatic N) is 4. The fourth-order valence-corrected chi connectivity index (χ4v) is 11.4. The number of fused-ring (bicyclic) bond motifs is 3. The molecule has 6 heteroatoms. The molecule has 0 amide bonds. The van der Waals surface area contributed by atoms with Crippen LogP contribution in [0.1, 0.15) is 128 Å². The van der Waals surface area contributed by atoms with Crippen LogP contribution in [0.3, 0.4) is 0 Å². The summed E-state index contributed by atoms with van der Waals surface area (Å²) in [5.74, 6) is 1.96. The van der Waals surface area contributed by atoms with Crippen LogP contribution in [0, 0.1) is 18.5 Å². The molecule has 8 aromatic carbocycles. The fraction of sp³-hybridized carbons (Fsp3) is 0.233. The van der Waals surface area contributed by atoms with E-state index in [1.165, 1.54) is 39.1 Å². The van der Waals surface area contributed by atoms with Gasteiger partial charge in [0.1, 0.15) is 5.82 Å². The van der Waals surface area contributed by atoms with Gasteiger partial charge >= 0.3 is 0 Å². The zero-order valence-corrected chi connectivity index (χ0v) is 49.9. The first kappa shape index (κ1) is 54.8. The van der Waals surface area contributed by atoms with Gasteiger partial charge < -0.3 is 13.9 Å². The van der Waals surface area contributed by atoms with E-state index in [-0.39, 0.29) is 48.1 Å². The summed E-state index contributed by atoms with van der Waals surface area (Å²) in [6.45, 7) is 27.8. The second kappa shape index (κ2) is 20.9. The quantitative estimate of drug-likeness (QED) is 0.0903. The number of benzene rings is 8. The molecule has 0 N–H and O–H groups in total. The largest absolute Gasteiger partial charge is 0.510 e. The molecule has 400 valence electrons. The van der Waals surface area contributed by atoms with E-state index in [0.29, 0.717) is 11.5 Å².